The zero-order valence-corrected chi connectivity index (χ0v) is 14.4. The molecule has 122 valence electrons. The standard InChI is InChI=1S/C17H14ClN3O2S/c1-2-23-14-9-8-12(10-13(14)18)15(22)19-17-21-20-16(24-17)11-6-4-3-5-7-11/h3-10H,2H2,1H3,(H,19,21,22). The zero-order chi connectivity index (χ0) is 16.9. The maximum atomic E-state index is 12.3. The highest BCUT2D eigenvalue weighted by Gasteiger charge is 2.13. The van der Waals surface area contributed by atoms with Gasteiger partial charge < -0.3 is 4.74 Å². The first-order valence-corrected chi connectivity index (χ1v) is 8.49. The largest absolute Gasteiger partial charge is 0.492 e. The van der Waals surface area contributed by atoms with E-state index in [1.54, 1.807) is 18.2 Å². The summed E-state index contributed by atoms with van der Waals surface area (Å²) in [5, 5.41) is 12.4. The van der Waals surface area contributed by atoms with Crippen LogP contribution in [0.2, 0.25) is 5.02 Å². The fourth-order valence-corrected chi connectivity index (χ4v) is 3.03. The predicted octanol–water partition coefficient (Wildman–Crippen LogP) is 4.51. The smallest absolute Gasteiger partial charge is 0.257 e. The van der Waals surface area contributed by atoms with Gasteiger partial charge in [-0.05, 0) is 25.1 Å². The lowest BCUT2D eigenvalue weighted by molar-refractivity contribution is 0.102. The number of amides is 1. The van der Waals surface area contributed by atoms with Gasteiger partial charge in [-0.3, -0.25) is 10.1 Å². The SMILES string of the molecule is CCOc1ccc(C(=O)Nc2nnc(-c3ccccc3)s2)cc1Cl. The first-order chi connectivity index (χ1) is 11.7. The Morgan fingerprint density at radius 1 is 1.21 bits per heavy atom. The molecule has 0 saturated carbocycles. The van der Waals surface area contributed by atoms with Crippen LogP contribution in [0.25, 0.3) is 10.6 Å². The molecule has 0 aliphatic rings. The number of nitrogens with zero attached hydrogens (tertiary/aromatic N) is 2. The molecule has 1 N–H and O–H groups in total. The highest BCUT2D eigenvalue weighted by molar-refractivity contribution is 7.18. The highest BCUT2D eigenvalue weighted by atomic mass is 35.5. The van der Waals surface area contributed by atoms with Crippen LogP contribution < -0.4 is 10.1 Å². The number of aromatic nitrogens is 2. The van der Waals surface area contributed by atoms with Crippen LogP contribution in [-0.2, 0) is 0 Å². The van der Waals surface area contributed by atoms with Gasteiger partial charge in [-0.1, -0.05) is 53.3 Å². The van der Waals surface area contributed by atoms with Crippen LogP contribution in [0.3, 0.4) is 0 Å². The Morgan fingerprint density at radius 2 is 2.00 bits per heavy atom. The summed E-state index contributed by atoms with van der Waals surface area (Å²) in [5.41, 5.74) is 1.39. The van der Waals surface area contributed by atoms with Crippen LogP contribution >= 0.6 is 22.9 Å². The lowest BCUT2D eigenvalue weighted by Gasteiger charge is -2.07. The van der Waals surface area contributed by atoms with Gasteiger partial charge in [0.25, 0.3) is 5.91 Å². The predicted molar refractivity (Wildman–Crippen MR) is 95.9 cm³/mol. The summed E-state index contributed by atoms with van der Waals surface area (Å²) in [4.78, 5) is 12.3. The molecular weight excluding hydrogens is 346 g/mol. The third-order valence-electron chi connectivity index (χ3n) is 3.16. The molecule has 5 nitrogen and oxygen atoms in total. The van der Waals surface area contributed by atoms with E-state index in [9.17, 15) is 4.79 Å². The van der Waals surface area contributed by atoms with Gasteiger partial charge in [0.1, 0.15) is 10.8 Å². The van der Waals surface area contributed by atoms with E-state index in [-0.39, 0.29) is 5.91 Å². The molecule has 0 aliphatic heterocycles. The number of nitrogens with one attached hydrogen (secondary N) is 1. The number of halogens is 1. The van der Waals surface area contributed by atoms with Crippen LogP contribution in [0.1, 0.15) is 17.3 Å². The van der Waals surface area contributed by atoms with Gasteiger partial charge in [-0.15, -0.1) is 10.2 Å². The second-order valence-electron chi connectivity index (χ2n) is 4.81. The fourth-order valence-electron chi connectivity index (χ4n) is 2.06. The number of rotatable bonds is 5. The Morgan fingerprint density at radius 3 is 2.71 bits per heavy atom. The summed E-state index contributed by atoms with van der Waals surface area (Å²) in [6, 6.07) is 14.6. The molecule has 3 rings (SSSR count). The molecule has 1 aromatic heterocycles. The van der Waals surface area contributed by atoms with Gasteiger partial charge in [0, 0.05) is 11.1 Å². The monoisotopic (exact) mass is 359 g/mol. The number of anilines is 1. The molecule has 0 spiro atoms. The number of hydrogen-bond donors (Lipinski definition) is 1. The van der Waals surface area contributed by atoms with E-state index in [4.69, 9.17) is 16.3 Å². The van der Waals surface area contributed by atoms with E-state index in [2.05, 4.69) is 15.5 Å². The zero-order valence-electron chi connectivity index (χ0n) is 12.8. The molecule has 1 heterocycles. The van der Waals surface area contributed by atoms with Crippen LogP contribution in [0.5, 0.6) is 5.75 Å². The van der Waals surface area contributed by atoms with Gasteiger partial charge >= 0.3 is 0 Å². The number of carbonyl (C=O) groups excluding carboxylic acids is 1. The molecular formula is C17H14ClN3O2S. The van der Waals surface area contributed by atoms with Crippen molar-refractivity contribution in [2.45, 2.75) is 6.92 Å². The summed E-state index contributed by atoms with van der Waals surface area (Å²) < 4.78 is 5.36. The van der Waals surface area contributed by atoms with E-state index in [1.807, 2.05) is 37.3 Å². The lowest BCUT2D eigenvalue weighted by atomic mass is 10.2. The Kier molecular flexibility index (Phi) is 5.08. The minimum atomic E-state index is -0.296. The van der Waals surface area contributed by atoms with Crippen LogP contribution in [0.4, 0.5) is 5.13 Å². The summed E-state index contributed by atoms with van der Waals surface area (Å²) in [5.74, 6) is 0.258. The van der Waals surface area contributed by atoms with Crippen LogP contribution in [0, 0.1) is 0 Å². The Labute approximate surface area is 148 Å². The number of benzene rings is 2. The molecule has 2 aromatic carbocycles. The lowest BCUT2D eigenvalue weighted by Crippen LogP contribution is -2.11. The van der Waals surface area contributed by atoms with E-state index in [0.29, 0.717) is 28.1 Å². The molecule has 0 atom stereocenters. The summed E-state index contributed by atoms with van der Waals surface area (Å²) in [7, 11) is 0. The van der Waals surface area contributed by atoms with Crippen molar-refractivity contribution in [1.29, 1.82) is 0 Å². The van der Waals surface area contributed by atoms with Crippen molar-refractivity contribution in [3.8, 4) is 16.3 Å². The normalized spacial score (nSPS) is 10.4. The van der Waals surface area contributed by atoms with Crippen molar-refractivity contribution >= 4 is 34.0 Å². The minimum Gasteiger partial charge on any atom is -0.492 e. The van der Waals surface area contributed by atoms with Crippen molar-refractivity contribution in [1.82, 2.24) is 10.2 Å². The van der Waals surface area contributed by atoms with Crippen LogP contribution in [0.15, 0.2) is 48.5 Å². The molecule has 0 bridgehead atoms. The quantitative estimate of drug-likeness (QED) is 0.728. The van der Waals surface area contributed by atoms with Gasteiger partial charge in [-0.2, -0.15) is 0 Å². The maximum Gasteiger partial charge on any atom is 0.257 e. The molecule has 0 aliphatic carbocycles. The fraction of sp³-hybridized carbons (Fsp3) is 0.118. The van der Waals surface area contributed by atoms with Gasteiger partial charge in [0.05, 0.1) is 11.6 Å². The second-order valence-corrected chi connectivity index (χ2v) is 6.20. The Bertz CT molecular complexity index is 852. The van der Waals surface area contributed by atoms with E-state index >= 15 is 0 Å². The first kappa shape index (κ1) is 16.4. The summed E-state index contributed by atoms with van der Waals surface area (Å²) in [6.07, 6.45) is 0. The topological polar surface area (TPSA) is 64.1 Å². The summed E-state index contributed by atoms with van der Waals surface area (Å²) >= 11 is 7.42. The molecule has 0 fully saturated rings. The van der Waals surface area contributed by atoms with Crippen molar-refractivity contribution in [2.75, 3.05) is 11.9 Å². The van der Waals surface area contributed by atoms with Crippen molar-refractivity contribution in [2.24, 2.45) is 0 Å². The number of ether oxygens (including phenoxy) is 1. The Hall–Kier alpha value is -2.44. The minimum absolute atomic E-state index is 0.296. The molecule has 0 unspecified atom stereocenters. The second kappa shape index (κ2) is 7.42. The van der Waals surface area contributed by atoms with E-state index in [1.165, 1.54) is 11.3 Å². The average molecular weight is 360 g/mol. The highest BCUT2D eigenvalue weighted by Crippen LogP contribution is 2.28. The molecule has 7 heteroatoms. The molecule has 0 radical (unpaired) electrons. The van der Waals surface area contributed by atoms with Crippen LogP contribution in [-0.4, -0.2) is 22.7 Å². The molecule has 3 aromatic rings. The van der Waals surface area contributed by atoms with Crippen molar-refractivity contribution < 1.29 is 9.53 Å². The van der Waals surface area contributed by atoms with Gasteiger partial charge in [0.2, 0.25) is 5.13 Å². The Balaban J connectivity index is 1.73. The number of hydrogen-bond acceptors (Lipinski definition) is 5. The van der Waals surface area contributed by atoms with Crippen molar-refractivity contribution in [3.63, 3.8) is 0 Å². The molecule has 24 heavy (non-hydrogen) atoms. The molecule has 1 amide bonds. The average Bonchev–Trinajstić information content (AvgIpc) is 3.06. The van der Waals surface area contributed by atoms with Gasteiger partial charge in [0.15, 0.2) is 0 Å². The van der Waals surface area contributed by atoms with Gasteiger partial charge in [-0.25, -0.2) is 0 Å². The van der Waals surface area contributed by atoms with Crippen molar-refractivity contribution in [3.05, 3.63) is 59.1 Å². The van der Waals surface area contributed by atoms with E-state index < -0.39 is 0 Å². The third kappa shape index (κ3) is 3.72. The first-order valence-electron chi connectivity index (χ1n) is 7.30. The molecule has 0 saturated heterocycles. The summed E-state index contributed by atoms with van der Waals surface area (Å²) in [6.45, 7) is 2.38. The van der Waals surface area contributed by atoms with E-state index in [0.717, 1.165) is 10.6 Å². The number of carbonyl (C=O) groups is 1. The maximum absolute atomic E-state index is 12.3. The third-order valence-corrected chi connectivity index (χ3v) is 4.34.